The Kier molecular flexibility index (Phi) is 11.0. The van der Waals surface area contributed by atoms with Crippen molar-refractivity contribution in [2.45, 2.75) is 50.1 Å². The second kappa shape index (κ2) is 14.2. The van der Waals surface area contributed by atoms with E-state index in [-0.39, 0.29) is 17.3 Å². The zero-order chi connectivity index (χ0) is 29.3. The number of carbonyl (C=O) groups excluding carboxylic acids is 2. The van der Waals surface area contributed by atoms with Crippen LogP contribution in [0.1, 0.15) is 31.9 Å². The number of ether oxygens (including phenoxy) is 1. The molecule has 0 saturated heterocycles. The highest BCUT2D eigenvalue weighted by Gasteiger charge is 2.32. The first-order valence-corrected chi connectivity index (χ1v) is 15.8. The van der Waals surface area contributed by atoms with Gasteiger partial charge in [0.2, 0.25) is 11.8 Å². The van der Waals surface area contributed by atoms with E-state index in [0.29, 0.717) is 24.6 Å². The van der Waals surface area contributed by atoms with Crippen LogP contribution in [0.5, 0.6) is 5.75 Å². The van der Waals surface area contributed by atoms with Crippen molar-refractivity contribution in [2.75, 3.05) is 30.3 Å². The highest BCUT2D eigenvalue weighted by Crippen LogP contribution is 2.28. The number of likely N-dealkylation sites (N-methyl/N-ethyl adjacent to an activating group) is 1. The fourth-order valence-electron chi connectivity index (χ4n) is 4.07. The van der Waals surface area contributed by atoms with Crippen LogP contribution >= 0.6 is 11.8 Å². The van der Waals surface area contributed by atoms with E-state index in [9.17, 15) is 18.0 Å². The largest absolute Gasteiger partial charge is 0.494 e. The zero-order valence-corrected chi connectivity index (χ0v) is 25.2. The number of aryl methyl sites for hydroxylation is 1. The predicted octanol–water partition coefficient (Wildman–Crippen LogP) is 4.86. The van der Waals surface area contributed by atoms with Gasteiger partial charge in [-0.25, -0.2) is 8.42 Å². The summed E-state index contributed by atoms with van der Waals surface area (Å²) in [6, 6.07) is 20.0. The van der Waals surface area contributed by atoms with Gasteiger partial charge >= 0.3 is 0 Å². The number of nitrogens with one attached hydrogen (secondary N) is 1. The molecular weight excluding hydrogens is 546 g/mol. The minimum atomic E-state index is -4.13. The number of hydrogen-bond donors (Lipinski definition) is 1. The standard InChI is InChI=1S/C30H37N3O5S2/c1-6-31-30(35)23(4)32(20-24-10-8-22(3)9-11-24)29(34)21-33(25-12-14-26(15-13-25)38-7-2)40(36,37)28-18-16-27(39-5)17-19-28/h8-19,23H,6-7,20-21H2,1-5H3,(H,31,35)/t23-/m0/s1. The number of thioether (sulfide) groups is 1. The molecule has 8 nitrogen and oxygen atoms in total. The van der Waals surface area contributed by atoms with E-state index in [2.05, 4.69) is 5.32 Å². The summed E-state index contributed by atoms with van der Waals surface area (Å²) in [4.78, 5) is 29.1. The first-order valence-electron chi connectivity index (χ1n) is 13.1. The number of nitrogens with zero attached hydrogens (tertiary/aromatic N) is 2. The van der Waals surface area contributed by atoms with Crippen LogP contribution in [0, 0.1) is 6.92 Å². The molecular formula is C30H37N3O5S2. The predicted molar refractivity (Wildman–Crippen MR) is 160 cm³/mol. The molecule has 214 valence electrons. The Morgan fingerprint density at radius 3 is 2.12 bits per heavy atom. The molecule has 40 heavy (non-hydrogen) atoms. The molecule has 0 unspecified atom stereocenters. The molecule has 0 aliphatic rings. The summed E-state index contributed by atoms with van der Waals surface area (Å²) in [5, 5.41) is 2.77. The molecule has 1 atom stereocenters. The van der Waals surface area contributed by atoms with Crippen molar-refractivity contribution < 1.29 is 22.7 Å². The number of sulfonamides is 1. The van der Waals surface area contributed by atoms with Gasteiger partial charge in [-0.3, -0.25) is 13.9 Å². The normalized spacial score (nSPS) is 11.9. The third-order valence-electron chi connectivity index (χ3n) is 6.35. The molecule has 0 spiro atoms. The van der Waals surface area contributed by atoms with Crippen molar-refractivity contribution in [3.05, 3.63) is 83.9 Å². The van der Waals surface area contributed by atoms with Gasteiger partial charge in [0.15, 0.2) is 0 Å². The molecule has 0 saturated carbocycles. The summed E-state index contributed by atoms with van der Waals surface area (Å²) in [6.45, 7) is 7.82. The molecule has 0 aliphatic carbocycles. The number of benzene rings is 3. The first kappa shape index (κ1) is 31.0. The van der Waals surface area contributed by atoms with Crippen molar-refractivity contribution in [1.29, 1.82) is 0 Å². The van der Waals surface area contributed by atoms with Gasteiger partial charge in [-0.05, 0) is 88.0 Å². The maximum atomic E-state index is 13.9. The second-order valence-corrected chi connectivity index (χ2v) is 11.9. The number of carbonyl (C=O) groups is 2. The van der Waals surface area contributed by atoms with E-state index in [1.807, 2.05) is 44.4 Å². The van der Waals surface area contributed by atoms with Crippen LogP contribution in [-0.2, 0) is 26.2 Å². The smallest absolute Gasteiger partial charge is 0.264 e. The van der Waals surface area contributed by atoms with Gasteiger partial charge in [-0.2, -0.15) is 0 Å². The third kappa shape index (κ3) is 7.79. The Bertz CT molecular complexity index is 1380. The van der Waals surface area contributed by atoms with E-state index in [1.54, 1.807) is 50.2 Å². The molecule has 0 bridgehead atoms. The highest BCUT2D eigenvalue weighted by molar-refractivity contribution is 7.98. The van der Waals surface area contributed by atoms with Crippen LogP contribution in [-0.4, -0.2) is 57.1 Å². The number of hydrogen-bond acceptors (Lipinski definition) is 6. The van der Waals surface area contributed by atoms with Crippen molar-refractivity contribution in [1.82, 2.24) is 10.2 Å². The summed E-state index contributed by atoms with van der Waals surface area (Å²) >= 11 is 1.50. The molecule has 3 aromatic rings. The summed E-state index contributed by atoms with van der Waals surface area (Å²) in [5.41, 5.74) is 2.21. The SMILES string of the molecule is CCNC(=O)[C@H](C)N(Cc1ccc(C)cc1)C(=O)CN(c1ccc(OCC)cc1)S(=O)(=O)c1ccc(SC)cc1. The lowest BCUT2D eigenvalue weighted by atomic mass is 10.1. The molecule has 0 aromatic heterocycles. The third-order valence-corrected chi connectivity index (χ3v) is 8.89. The Hall–Kier alpha value is -3.50. The summed E-state index contributed by atoms with van der Waals surface area (Å²) in [6.07, 6.45) is 1.91. The molecule has 2 amide bonds. The highest BCUT2D eigenvalue weighted by atomic mass is 32.2. The van der Waals surface area contributed by atoms with E-state index < -0.39 is 28.5 Å². The van der Waals surface area contributed by atoms with Crippen LogP contribution in [0.25, 0.3) is 0 Å². The Morgan fingerprint density at radius 2 is 1.57 bits per heavy atom. The quantitative estimate of drug-likeness (QED) is 0.289. The van der Waals surface area contributed by atoms with Gasteiger partial charge in [0.25, 0.3) is 10.0 Å². The van der Waals surface area contributed by atoms with Crippen LogP contribution < -0.4 is 14.4 Å². The van der Waals surface area contributed by atoms with Gasteiger partial charge in [0.05, 0.1) is 17.2 Å². The molecule has 10 heteroatoms. The topological polar surface area (TPSA) is 96.0 Å². The summed E-state index contributed by atoms with van der Waals surface area (Å²) in [7, 11) is -4.13. The van der Waals surface area contributed by atoms with Gasteiger partial charge in [-0.1, -0.05) is 29.8 Å². The van der Waals surface area contributed by atoms with Gasteiger partial charge in [0, 0.05) is 18.0 Å². The maximum absolute atomic E-state index is 13.9. The van der Waals surface area contributed by atoms with E-state index in [0.717, 1.165) is 20.3 Å². The van der Waals surface area contributed by atoms with Crippen molar-refractivity contribution >= 4 is 39.3 Å². The summed E-state index contributed by atoms with van der Waals surface area (Å²) < 4.78 is 34.5. The monoisotopic (exact) mass is 583 g/mol. The lowest BCUT2D eigenvalue weighted by Gasteiger charge is -2.32. The van der Waals surface area contributed by atoms with Crippen LogP contribution in [0.4, 0.5) is 5.69 Å². The van der Waals surface area contributed by atoms with E-state index in [4.69, 9.17) is 4.74 Å². The maximum Gasteiger partial charge on any atom is 0.264 e. The first-order chi connectivity index (χ1) is 19.1. The number of anilines is 1. The van der Waals surface area contributed by atoms with Crippen molar-refractivity contribution in [2.24, 2.45) is 0 Å². The average molecular weight is 584 g/mol. The molecule has 3 aromatic carbocycles. The summed E-state index contributed by atoms with van der Waals surface area (Å²) in [5.74, 6) is -0.228. The number of amides is 2. The Labute approximate surface area is 241 Å². The molecule has 0 fully saturated rings. The minimum Gasteiger partial charge on any atom is -0.494 e. The molecule has 3 rings (SSSR count). The fourth-order valence-corrected chi connectivity index (χ4v) is 5.90. The fraction of sp³-hybridized carbons (Fsp3) is 0.333. The van der Waals surface area contributed by atoms with Gasteiger partial charge < -0.3 is 15.0 Å². The van der Waals surface area contributed by atoms with Gasteiger partial charge in [0.1, 0.15) is 18.3 Å². The van der Waals surface area contributed by atoms with E-state index in [1.165, 1.54) is 28.8 Å². The van der Waals surface area contributed by atoms with Crippen molar-refractivity contribution in [3.8, 4) is 5.75 Å². The van der Waals surface area contributed by atoms with E-state index >= 15 is 0 Å². The molecule has 0 radical (unpaired) electrons. The molecule has 1 N–H and O–H groups in total. The average Bonchev–Trinajstić information content (AvgIpc) is 2.96. The second-order valence-electron chi connectivity index (χ2n) is 9.19. The minimum absolute atomic E-state index is 0.0637. The Morgan fingerprint density at radius 1 is 0.950 bits per heavy atom. The van der Waals surface area contributed by atoms with Crippen molar-refractivity contribution in [3.63, 3.8) is 0 Å². The van der Waals surface area contributed by atoms with Crippen LogP contribution in [0.3, 0.4) is 0 Å². The zero-order valence-electron chi connectivity index (χ0n) is 23.6. The lowest BCUT2D eigenvalue weighted by Crippen LogP contribution is -2.51. The van der Waals surface area contributed by atoms with Crippen LogP contribution in [0.2, 0.25) is 0 Å². The van der Waals surface area contributed by atoms with Gasteiger partial charge in [-0.15, -0.1) is 11.8 Å². The molecule has 0 aliphatic heterocycles. The lowest BCUT2D eigenvalue weighted by molar-refractivity contribution is -0.139. The van der Waals surface area contributed by atoms with Crippen LogP contribution in [0.15, 0.2) is 82.6 Å². The number of rotatable bonds is 13. The Balaban J connectivity index is 2.02. The molecule has 0 heterocycles.